The van der Waals surface area contributed by atoms with E-state index in [4.69, 9.17) is 14.2 Å². The van der Waals surface area contributed by atoms with Crippen molar-refractivity contribution in [1.82, 2.24) is 0 Å². The first kappa shape index (κ1) is 77.1. The van der Waals surface area contributed by atoms with E-state index in [0.29, 0.717) is 19.3 Å². The Labute approximate surface area is 501 Å². The van der Waals surface area contributed by atoms with E-state index in [1.165, 1.54) is 167 Å². The third-order valence-corrected chi connectivity index (χ3v) is 14.8. The minimum absolute atomic E-state index is 0.0872. The molecule has 0 fully saturated rings. The molecule has 0 aromatic heterocycles. The first-order valence-electron chi connectivity index (χ1n) is 34.4. The Bertz CT molecular complexity index is 1620. The molecular formula is C75H128O6. The van der Waals surface area contributed by atoms with E-state index >= 15 is 0 Å². The number of hydrogen-bond acceptors (Lipinski definition) is 6. The maximum absolute atomic E-state index is 12.9. The van der Waals surface area contributed by atoms with Gasteiger partial charge in [0.1, 0.15) is 13.2 Å². The van der Waals surface area contributed by atoms with Gasteiger partial charge in [0.05, 0.1) is 0 Å². The smallest absolute Gasteiger partial charge is 0.306 e. The zero-order chi connectivity index (χ0) is 58.5. The molecule has 0 aromatic carbocycles. The zero-order valence-corrected chi connectivity index (χ0v) is 53.3. The molecule has 0 aliphatic carbocycles. The highest BCUT2D eigenvalue weighted by Crippen LogP contribution is 2.17. The minimum atomic E-state index is -0.794. The molecule has 0 bridgehead atoms. The number of carbonyl (C=O) groups excluding carboxylic acids is 3. The molecule has 0 saturated heterocycles. The van der Waals surface area contributed by atoms with Crippen LogP contribution in [0.3, 0.4) is 0 Å². The Morgan fingerprint density at radius 1 is 0.259 bits per heavy atom. The summed E-state index contributed by atoms with van der Waals surface area (Å²) in [4.78, 5) is 38.4. The van der Waals surface area contributed by atoms with Gasteiger partial charge in [-0.1, -0.05) is 310 Å². The molecule has 0 spiro atoms. The quantitative estimate of drug-likeness (QED) is 0.0261. The molecule has 0 saturated carbocycles. The molecule has 1 unspecified atom stereocenters. The van der Waals surface area contributed by atoms with Crippen LogP contribution >= 0.6 is 0 Å². The average molecular weight is 1130 g/mol. The van der Waals surface area contributed by atoms with E-state index in [2.05, 4.69) is 130 Å². The second-order valence-electron chi connectivity index (χ2n) is 22.7. The first-order chi connectivity index (χ1) is 40.0. The summed E-state index contributed by atoms with van der Waals surface area (Å²) in [6, 6.07) is 0. The van der Waals surface area contributed by atoms with Gasteiger partial charge in [0.15, 0.2) is 6.10 Å². The standard InChI is InChI=1S/C75H128O6/c1-4-7-10-13-16-19-22-25-27-29-31-33-35-36-37-38-40-41-43-45-47-50-53-56-59-62-65-68-74(77)80-71-72(70-79-73(76)67-64-61-58-55-52-49-24-21-18-15-12-9-6-3)81-75(78)69-66-63-60-57-54-51-48-46-44-42-39-34-32-30-28-26-23-20-17-14-11-8-5-2/h8,11,17,20,22,25-26,28-29,31-32,34-36,42,44,48,51,72H,4-7,9-10,12-16,18-19,21,23-24,27,30,33,37-41,43,45-47,49-50,52-71H2,1-3H3/b11-8-,20-17-,25-22-,28-26-,31-29-,34-32-,36-35-,44-42-,51-48-. The Kier molecular flexibility index (Phi) is 65.2. The van der Waals surface area contributed by atoms with Crippen LogP contribution in [0, 0.1) is 0 Å². The first-order valence-corrected chi connectivity index (χ1v) is 34.4. The molecule has 1 atom stereocenters. The van der Waals surface area contributed by atoms with Crippen molar-refractivity contribution in [3.05, 3.63) is 109 Å². The molecular weight excluding hydrogens is 997 g/mol. The van der Waals surface area contributed by atoms with Crippen LogP contribution in [0.15, 0.2) is 109 Å². The molecule has 0 radical (unpaired) electrons. The number of rotatable bonds is 62. The van der Waals surface area contributed by atoms with E-state index in [-0.39, 0.29) is 31.1 Å². The lowest BCUT2D eigenvalue weighted by molar-refractivity contribution is -0.167. The fraction of sp³-hybridized carbons (Fsp3) is 0.720. The van der Waals surface area contributed by atoms with Crippen LogP contribution in [-0.2, 0) is 28.6 Å². The molecule has 0 aliphatic heterocycles. The number of esters is 3. The highest BCUT2D eigenvalue weighted by atomic mass is 16.6. The molecule has 81 heavy (non-hydrogen) atoms. The number of allylic oxidation sites excluding steroid dienone is 18. The third-order valence-electron chi connectivity index (χ3n) is 14.8. The van der Waals surface area contributed by atoms with Crippen molar-refractivity contribution in [2.75, 3.05) is 13.2 Å². The van der Waals surface area contributed by atoms with E-state index in [1.54, 1.807) is 0 Å². The molecule has 0 amide bonds. The number of hydrogen-bond donors (Lipinski definition) is 0. The summed E-state index contributed by atoms with van der Waals surface area (Å²) >= 11 is 0. The average Bonchev–Trinajstić information content (AvgIpc) is 3.46. The molecule has 0 heterocycles. The summed E-state index contributed by atoms with van der Waals surface area (Å²) < 4.78 is 16.9. The van der Waals surface area contributed by atoms with Crippen LogP contribution in [-0.4, -0.2) is 37.2 Å². The monoisotopic (exact) mass is 1120 g/mol. The zero-order valence-electron chi connectivity index (χ0n) is 53.3. The number of ether oxygens (including phenoxy) is 3. The van der Waals surface area contributed by atoms with Crippen LogP contribution < -0.4 is 0 Å². The maximum atomic E-state index is 12.9. The molecule has 6 nitrogen and oxygen atoms in total. The second kappa shape index (κ2) is 68.6. The summed E-state index contributed by atoms with van der Waals surface area (Å²) in [5, 5.41) is 0. The molecule has 0 N–H and O–H groups in total. The molecule has 0 rings (SSSR count). The number of carbonyl (C=O) groups is 3. The largest absolute Gasteiger partial charge is 0.462 e. The van der Waals surface area contributed by atoms with Crippen molar-refractivity contribution in [3.63, 3.8) is 0 Å². The highest BCUT2D eigenvalue weighted by Gasteiger charge is 2.19. The lowest BCUT2D eigenvalue weighted by atomic mass is 10.0. The van der Waals surface area contributed by atoms with Gasteiger partial charge in [0.2, 0.25) is 0 Å². The van der Waals surface area contributed by atoms with E-state index < -0.39 is 6.10 Å². The Balaban J connectivity index is 4.35. The Morgan fingerprint density at radius 3 is 0.753 bits per heavy atom. The van der Waals surface area contributed by atoms with Crippen molar-refractivity contribution in [3.8, 4) is 0 Å². The lowest BCUT2D eigenvalue weighted by Crippen LogP contribution is -2.30. The van der Waals surface area contributed by atoms with Crippen molar-refractivity contribution >= 4 is 17.9 Å². The minimum Gasteiger partial charge on any atom is -0.462 e. The van der Waals surface area contributed by atoms with Crippen molar-refractivity contribution < 1.29 is 28.6 Å². The normalized spacial score (nSPS) is 12.8. The Hall–Kier alpha value is -3.93. The topological polar surface area (TPSA) is 78.9 Å². The fourth-order valence-electron chi connectivity index (χ4n) is 9.63. The van der Waals surface area contributed by atoms with Gasteiger partial charge < -0.3 is 14.2 Å². The second-order valence-corrected chi connectivity index (χ2v) is 22.7. The van der Waals surface area contributed by atoms with Crippen LogP contribution in [0.4, 0.5) is 0 Å². The summed E-state index contributed by atoms with van der Waals surface area (Å²) in [5.41, 5.74) is 0. The van der Waals surface area contributed by atoms with Crippen LogP contribution in [0.1, 0.15) is 329 Å². The number of unbranched alkanes of at least 4 members (excludes halogenated alkanes) is 33. The van der Waals surface area contributed by atoms with Crippen molar-refractivity contribution in [2.24, 2.45) is 0 Å². The molecule has 0 aromatic rings. The summed E-state index contributed by atoms with van der Waals surface area (Å²) in [7, 11) is 0. The van der Waals surface area contributed by atoms with Gasteiger partial charge in [-0.2, -0.15) is 0 Å². The van der Waals surface area contributed by atoms with Gasteiger partial charge in [-0.3, -0.25) is 14.4 Å². The lowest BCUT2D eigenvalue weighted by Gasteiger charge is -2.18. The van der Waals surface area contributed by atoms with Crippen LogP contribution in [0.5, 0.6) is 0 Å². The van der Waals surface area contributed by atoms with Crippen molar-refractivity contribution in [1.29, 1.82) is 0 Å². The van der Waals surface area contributed by atoms with Gasteiger partial charge in [-0.05, 0) is 109 Å². The summed E-state index contributed by atoms with van der Waals surface area (Å²) in [6.45, 7) is 6.52. The van der Waals surface area contributed by atoms with Gasteiger partial charge in [0, 0.05) is 19.3 Å². The van der Waals surface area contributed by atoms with Gasteiger partial charge >= 0.3 is 17.9 Å². The molecule has 0 aliphatic rings. The van der Waals surface area contributed by atoms with E-state index in [9.17, 15) is 14.4 Å². The van der Waals surface area contributed by atoms with Crippen LogP contribution in [0.2, 0.25) is 0 Å². The highest BCUT2D eigenvalue weighted by molar-refractivity contribution is 5.71. The van der Waals surface area contributed by atoms with Gasteiger partial charge in [0.25, 0.3) is 0 Å². The summed E-state index contributed by atoms with van der Waals surface area (Å²) in [5.74, 6) is -0.902. The van der Waals surface area contributed by atoms with Crippen molar-refractivity contribution in [2.45, 2.75) is 335 Å². The van der Waals surface area contributed by atoms with Gasteiger partial charge in [-0.25, -0.2) is 0 Å². The van der Waals surface area contributed by atoms with Crippen LogP contribution in [0.25, 0.3) is 0 Å². The fourth-order valence-corrected chi connectivity index (χ4v) is 9.63. The van der Waals surface area contributed by atoms with E-state index in [0.717, 1.165) is 122 Å². The summed E-state index contributed by atoms with van der Waals surface area (Å²) in [6.07, 6.45) is 93.9. The predicted octanol–water partition coefficient (Wildman–Crippen LogP) is 23.8. The maximum Gasteiger partial charge on any atom is 0.306 e. The molecule has 6 heteroatoms. The SMILES string of the molecule is CC/C=C\C/C=C\C/C=C\C/C=C\C/C=C\C/C=C\CCCCCCC(=O)OC(COC(=O)CCCCCCCCCCCCCCC)COC(=O)CCCCCCCCCCCCCC/C=C\C/C=C\C/C=C\CCCCCCC. The predicted molar refractivity (Wildman–Crippen MR) is 353 cm³/mol. The van der Waals surface area contributed by atoms with E-state index in [1.807, 2.05) is 0 Å². The van der Waals surface area contributed by atoms with Gasteiger partial charge in [-0.15, -0.1) is 0 Å². The Morgan fingerprint density at radius 2 is 0.481 bits per heavy atom. The third kappa shape index (κ3) is 66.8. The molecule has 464 valence electrons.